The Balaban J connectivity index is 1.82. The third-order valence-corrected chi connectivity index (χ3v) is 5.49. The van der Waals surface area contributed by atoms with Gasteiger partial charge in [-0.1, -0.05) is 47.5 Å². The molecule has 31 heavy (non-hydrogen) atoms. The molecule has 2 N–H and O–H groups in total. The molecule has 6 heteroatoms. The largest absolute Gasteiger partial charge is 0.505 e. The molecule has 1 unspecified atom stereocenters. The summed E-state index contributed by atoms with van der Waals surface area (Å²) < 4.78 is 5.23. The summed E-state index contributed by atoms with van der Waals surface area (Å²) >= 11 is 6.50. The second-order valence-corrected chi connectivity index (χ2v) is 7.65. The van der Waals surface area contributed by atoms with Crippen LogP contribution in [-0.4, -0.2) is 23.1 Å². The highest BCUT2D eigenvalue weighted by Gasteiger charge is 2.24. The summed E-state index contributed by atoms with van der Waals surface area (Å²) in [5.41, 5.74) is 3.20. The lowest BCUT2D eigenvalue weighted by molar-refractivity contribution is 0.0942. The van der Waals surface area contributed by atoms with Crippen LogP contribution in [0.4, 0.5) is 0 Å². The van der Waals surface area contributed by atoms with Crippen LogP contribution in [0.25, 0.3) is 10.9 Å². The molecule has 5 nitrogen and oxygen atoms in total. The molecule has 1 aromatic heterocycles. The van der Waals surface area contributed by atoms with Gasteiger partial charge in [0.2, 0.25) is 0 Å². The molecule has 0 spiro atoms. The highest BCUT2D eigenvalue weighted by atomic mass is 35.5. The maximum atomic E-state index is 13.1. The van der Waals surface area contributed by atoms with Gasteiger partial charge in [-0.15, -0.1) is 0 Å². The smallest absolute Gasteiger partial charge is 0.252 e. The number of benzene rings is 3. The first-order valence-corrected chi connectivity index (χ1v) is 10.1. The Kier molecular flexibility index (Phi) is 5.78. The molecule has 3 aromatic carbocycles. The molecule has 0 saturated carbocycles. The van der Waals surface area contributed by atoms with Gasteiger partial charge in [-0.2, -0.15) is 0 Å². The van der Waals surface area contributed by atoms with Gasteiger partial charge >= 0.3 is 0 Å². The molecule has 1 heterocycles. The van der Waals surface area contributed by atoms with Crippen molar-refractivity contribution in [1.82, 2.24) is 10.3 Å². The van der Waals surface area contributed by atoms with Crippen LogP contribution in [0.2, 0.25) is 5.02 Å². The summed E-state index contributed by atoms with van der Waals surface area (Å²) in [4.78, 5) is 17.4. The van der Waals surface area contributed by atoms with E-state index < -0.39 is 6.04 Å². The van der Waals surface area contributed by atoms with Crippen LogP contribution in [0.5, 0.6) is 11.5 Å². The lowest BCUT2D eigenvalue weighted by Crippen LogP contribution is -2.29. The van der Waals surface area contributed by atoms with Crippen molar-refractivity contribution in [3.05, 3.63) is 100 Å². The lowest BCUT2D eigenvalue weighted by Gasteiger charge is -2.22. The average Bonchev–Trinajstić information content (AvgIpc) is 2.80. The Morgan fingerprint density at radius 2 is 1.87 bits per heavy atom. The second kappa shape index (κ2) is 8.66. The number of rotatable bonds is 5. The van der Waals surface area contributed by atoms with Crippen LogP contribution in [0.3, 0.4) is 0 Å². The first-order chi connectivity index (χ1) is 15.0. The zero-order valence-electron chi connectivity index (χ0n) is 17.1. The molecule has 0 fully saturated rings. The molecule has 0 aliphatic rings. The maximum absolute atomic E-state index is 13.1. The van der Waals surface area contributed by atoms with Gasteiger partial charge in [0.15, 0.2) is 0 Å². The molecule has 0 aliphatic carbocycles. The number of carbonyl (C=O) groups is 1. The molecular formula is C25H21ClN2O3. The SMILES string of the molecule is COc1cccc(C(=O)NC(c2ccc(C)cc2)c2cc(Cl)c3cccnc3c2O)c1. The Morgan fingerprint density at radius 1 is 1.10 bits per heavy atom. The quantitative estimate of drug-likeness (QED) is 0.441. The number of ether oxygens (including phenoxy) is 1. The number of aromatic hydroxyl groups is 1. The number of phenols is 1. The second-order valence-electron chi connectivity index (χ2n) is 7.24. The molecule has 0 bridgehead atoms. The van der Waals surface area contributed by atoms with Gasteiger partial charge in [-0.3, -0.25) is 9.78 Å². The third kappa shape index (κ3) is 4.18. The minimum absolute atomic E-state index is 0.0171. The van der Waals surface area contributed by atoms with E-state index in [-0.39, 0.29) is 11.7 Å². The van der Waals surface area contributed by atoms with Crippen molar-refractivity contribution in [3.63, 3.8) is 0 Å². The van der Waals surface area contributed by atoms with Gasteiger partial charge < -0.3 is 15.2 Å². The fraction of sp³-hybridized carbons (Fsp3) is 0.120. The molecule has 156 valence electrons. The van der Waals surface area contributed by atoms with Crippen molar-refractivity contribution in [2.75, 3.05) is 7.11 Å². The molecule has 4 rings (SSSR count). The Bertz CT molecular complexity index is 1260. The number of hydrogen-bond donors (Lipinski definition) is 2. The van der Waals surface area contributed by atoms with Crippen molar-refractivity contribution in [3.8, 4) is 11.5 Å². The summed E-state index contributed by atoms with van der Waals surface area (Å²) in [5, 5.41) is 15.2. The Labute approximate surface area is 185 Å². The van der Waals surface area contributed by atoms with E-state index in [4.69, 9.17) is 16.3 Å². The van der Waals surface area contributed by atoms with Crippen molar-refractivity contribution >= 4 is 28.4 Å². The summed E-state index contributed by atoms with van der Waals surface area (Å²) in [6.45, 7) is 1.99. The molecule has 0 radical (unpaired) electrons. The minimum Gasteiger partial charge on any atom is -0.505 e. The summed E-state index contributed by atoms with van der Waals surface area (Å²) in [7, 11) is 1.55. The van der Waals surface area contributed by atoms with E-state index in [2.05, 4.69) is 10.3 Å². The highest BCUT2D eigenvalue weighted by molar-refractivity contribution is 6.35. The third-order valence-electron chi connectivity index (χ3n) is 5.17. The first kappa shape index (κ1) is 20.7. The number of aryl methyl sites for hydroxylation is 1. The summed E-state index contributed by atoms with van der Waals surface area (Å²) in [6, 6.07) is 19.2. The maximum Gasteiger partial charge on any atom is 0.252 e. The van der Waals surface area contributed by atoms with Gasteiger partial charge in [0.1, 0.15) is 17.0 Å². The van der Waals surface area contributed by atoms with Gasteiger partial charge in [-0.05, 0) is 48.9 Å². The number of methoxy groups -OCH3 is 1. The van der Waals surface area contributed by atoms with Gasteiger partial charge in [0.05, 0.1) is 18.2 Å². The predicted molar refractivity (Wildman–Crippen MR) is 122 cm³/mol. The number of phenolic OH excluding ortho intramolecular Hbond substituents is 1. The van der Waals surface area contributed by atoms with Gasteiger partial charge in [0.25, 0.3) is 5.91 Å². The number of amides is 1. The van der Waals surface area contributed by atoms with Crippen LogP contribution in [-0.2, 0) is 0 Å². The van der Waals surface area contributed by atoms with E-state index in [1.54, 1.807) is 55.8 Å². The predicted octanol–water partition coefficient (Wildman–Crippen LogP) is 5.43. The summed E-state index contributed by atoms with van der Waals surface area (Å²) in [5.74, 6) is 0.262. The number of nitrogens with zero attached hydrogens (tertiary/aromatic N) is 1. The van der Waals surface area contributed by atoms with Gasteiger partial charge in [-0.25, -0.2) is 0 Å². The van der Waals surface area contributed by atoms with E-state index in [0.29, 0.717) is 32.8 Å². The summed E-state index contributed by atoms with van der Waals surface area (Å²) in [6.07, 6.45) is 1.60. The molecule has 0 saturated heterocycles. The zero-order chi connectivity index (χ0) is 22.0. The monoisotopic (exact) mass is 432 g/mol. The topological polar surface area (TPSA) is 71.5 Å². The standard InChI is InChI=1S/C25H21ClN2O3/c1-15-8-10-16(11-9-15)22(28-25(30)17-5-3-6-18(13-17)31-2)20-14-21(26)19-7-4-12-27-23(19)24(20)29/h3-14,22,29H,1-2H3,(H,28,30). The van der Waals surface area contributed by atoms with Crippen molar-refractivity contribution in [2.45, 2.75) is 13.0 Å². The molecule has 0 aliphatic heterocycles. The van der Waals surface area contributed by atoms with Crippen molar-refractivity contribution in [2.24, 2.45) is 0 Å². The van der Waals surface area contributed by atoms with Gasteiger partial charge in [0, 0.05) is 22.7 Å². The number of hydrogen-bond acceptors (Lipinski definition) is 4. The average molecular weight is 433 g/mol. The fourth-order valence-electron chi connectivity index (χ4n) is 3.50. The van der Waals surface area contributed by atoms with Crippen LogP contribution in [0, 0.1) is 6.92 Å². The van der Waals surface area contributed by atoms with Crippen LogP contribution in [0.15, 0.2) is 72.9 Å². The number of halogens is 1. The van der Waals surface area contributed by atoms with E-state index in [0.717, 1.165) is 11.1 Å². The fourth-order valence-corrected chi connectivity index (χ4v) is 3.77. The number of aromatic nitrogens is 1. The zero-order valence-corrected chi connectivity index (χ0v) is 17.9. The minimum atomic E-state index is -0.636. The number of carbonyl (C=O) groups excluding carboxylic acids is 1. The van der Waals surface area contributed by atoms with Crippen LogP contribution in [0.1, 0.15) is 33.1 Å². The molecule has 4 aromatic rings. The van der Waals surface area contributed by atoms with Crippen LogP contribution >= 0.6 is 11.6 Å². The Hall–Kier alpha value is -3.57. The molecule has 1 amide bonds. The first-order valence-electron chi connectivity index (χ1n) is 9.75. The lowest BCUT2D eigenvalue weighted by atomic mass is 9.95. The number of nitrogens with one attached hydrogen (secondary N) is 1. The van der Waals surface area contributed by atoms with E-state index >= 15 is 0 Å². The van der Waals surface area contributed by atoms with Crippen molar-refractivity contribution in [1.29, 1.82) is 0 Å². The molecule has 1 atom stereocenters. The normalized spacial score (nSPS) is 11.8. The number of pyridine rings is 1. The van der Waals surface area contributed by atoms with Crippen molar-refractivity contribution < 1.29 is 14.6 Å². The van der Waals surface area contributed by atoms with Crippen LogP contribution < -0.4 is 10.1 Å². The van der Waals surface area contributed by atoms with E-state index in [1.807, 2.05) is 31.2 Å². The van der Waals surface area contributed by atoms with E-state index in [1.165, 1.54) is 0 Å². The molecular weight excluding hydrogens is 412 g/mol. The highest BCUT2D eigenvalue weighted by Crippen LogP contribution is 2.38. The Morgan fingerprint density at radius 3 is 2.61 bits per heavy atom. The van der Waals surface area contributed by atoms with E-state index in [9.17, 15) is 9.90 Å². The number of fused-ring (bicyclic) bond motifs is 1.